The Balaban J connectivity index is 1.97. The van der Waals surface area contributed by atoms with E-state index in [9.17, 15) is 0 Å². The number of rotatable bonds is 5. The van der Waals surface area contributed by atoms with Gasteiger partial charge in [0, 0.05) is 0 Å². The molecule has 1 aromatic heterocycles. The highest BCUT2D eigenvalue weighted by molar-refractivity contribution is 5.20. The van der Waals surface area contributed by atoms with Crippen LogP contribution in [0.3, 0.4) is 0 Å². The normalized spacial score (nSPS) is 23.1. The summed E-state index contributed by atoms with van der Waals surface area (Å²) in [6, 6.07) is 0.520. The van der Waals surface area contributed by atoms with Crippen molar-refractivity contribution in [3.63, 3.8) is 0 Å². The van der Waals surface area contributed by atoms with Gasteiger partial charge in [-0.05, 0) is 38.0 Å². The van der Waals surface area contributed by atoms with E-state index < -0.39 is 0 Å². The second-order valence-corrected chi connectivity index (χ2v) is 5.11. The molecule has 0 saturated heterocycles. The van der Waals surface area contributed by atoms with Crippen LogP contribution in [0.2, 0.25) is 0 Å². The van der Waals surface area contributed by atoms with Crippen molar-refractivity contribution in [2.75, 3.05) is 12.3 Å². The Morgan fingerprint density at radius 1 is 1.11 bits per heavy atom. The van der Waals surface area contributed by atoms with Crippen LogP contribution in [0.4, 0.5) is 5.95 Å². The van der Waals surface area contributed by atoms with E-state index in [1.807, 2.05) is 6.92 Å². The van der Waals surface area contributed by atoms with Crippen LogP contribution < -0.4 is 15.2 Å². The zero-order valence-corrected chi connectivity index (χ0v) is 11.6. The van der Waals surface area contributed by atoms with Crippen molar-refractivity contribution in [1.29, 1.82) is 0 Å². The first-order valence-electron chi connectivity index (χ1n) is 6.98. The molecule has 6 heteroatoms. The van der Waals surface area contributed by atoms with Crippen LogP contribution in [-0.4, -0.2) is 27.7 Å². The standard InChI is InChI=1S/C13H22N4O2/c1-3-8-18-12-15-11(14)16-13(17-12)19-10-6-4-9(2)5-7-10/h9-10H,3-8H2,1-2H3,(H2,14,15,16,17). The summed E-state index contributed by atoms with van der Waals surface area (Å²) >= 11 is 0. The highest BCUT2D eigenvalue weighted by atomic mass is 16.5. The van der Waals surface area contributed by atoms with Crippen molar-refractivity contribution in [3.05, 3.63) is 0 Å². The molecule has 2 rings (SSSR count). The minimum absolute atomic E-state index is 0.139. The third kappa shape index (κ3) is 4.22. The molecule has 0 radical (unpaired) electrons. The fraction of sp³-hybridized carbons (Fsp3) is 0.769. The fourth-order valence-corrected chi connectivity index (χ4v) is 2.16. The number of nitrogen functional groups attached to an aromatic ring is 1. The summed E-state index contributed by atoms with van der Waals surface area (Å²) in [5.74, 6) is 0.923. The third-order valence-electron chi connectivity index (χ3n) is 3.28. The molecule has 0 amide bonds. The maximum absolute atomic E-state index is 5.78. The summed E-state index contributed by atoms with van der Waals surface area (Å²) in [6.45, 7) is 4.85. The summed E-state index contributed by atoms with van der Waals surface area (Å²) in [4.78, 5) is 12.1. The van der Waals surface area contributed by atoms with Crippen molar-refractivity contribution in [2.45, 2.75) is 52.1 Å². The molecule has 106 valence electrons. The van der Waals surface area contributed by atoms with Crippen molar-refractivity contribution < 1.29 is 9.47 Å². The summed E-state index contributed by atoms with van der Waals surface area (Å²) < 4.78 is 11.1. The zero-order valence-electron chi connectivity index (χ0n) is 11.6. The van der Waals surface area contributed by atoms with Crippen LogP contribution in [0.25, 0.3) is 0 Å². The number of hydrogen-bond donors (Lipinski definition) is 1. The van der Waals surface area contributed by atoms with Gasteiger partial charge in [-0.2, -0.15) is 9.97 Å². The Labute approximate surface area is 113 Å². The Morgan fingerprint density at radius 2 is 1.79 bits per heavy atom. The molecule has 0 aliphatic heterocycles. The summed E-state index contributed by atoms with van der Waals surface area (Å²) in [5.41, 5.74) is 5.64. The van der Waals surface area contributed by atoms with E-state index in [0.29, 0.717) is 6.61 Å². The van der Waals surface area contributed by atoms with Gasteiger partial charge in [-0.15, -0.1) is 4.98 Å². The summed E-state index contributed by atoms with van der Waals surface area (Å²) in [7, 11) is 0. The molecule has 0 aromatic carbocycles. The lowest BCUT2D eigenvalue weighted by atomic mass is 9.89. The van der Waals surface area contributed by atoms with Gasteiger partial charge in [-0.3, -0.25) is 0 Å². The quantitative estimate of drug-likeness (QED) is 0.879. The molecule has 1 heterocycles. The first kappa shape index (κ1) is 13.8. The number of anilines is 1. The van der Waals surface area contributed by atoms with Gasteiger partial charge in [-0.1, -0.05) is 13.8 Å². The average molecular weight is 266 g/mol. The van der Waals surface area contributed by atoms with Crippen LogP contribution in [0.1, 0.15) is 46.0 Å². The smallest absolute Gasteiger partial charge is 0.324 e. The van der Waals surface area contributed by atoms with Gasteiger partial charge < -0.3 is 15.2 Å². The largest absolute Gasteiger partial charge is 0.463 e. The molecular weight excluding hydrogens is 244 g/mol. The summed E-state index contributed by atoms with van der Waals surface area (Å²) in [5, 5.41) is 0. The van der Waals surface area contributed by atoms with Crippen LogP contribution in [0.15, 0.2) is 0 Å². The predicted octanol–water partition coefficient (Wildman–Crippen LogP) is 2.20. The molecule has 1 aromatic rings. The maximum Gasteiger partial charge on any atom is 0.324 e. The molecule has 1 saturated carbocycles. The van der Waals surface area contributed by atoms with Crippen LogP contribution in [0, 0.1) is 5.92 Å². The van der Waals surface area contributed by atoms with Gasteiger partial charge in [0.2, 0.25) is 5.95 Å². The molecule has 0 spiro atoms. The first-order valence-corrected chi connectivity index (χ1v) is 6.98. The number of aromatic nitrogens is 3. The highest BCUT2D eigenvalue weighted by Crippen LogP contribution is 2.26. The molecule has 2 N–H and O–H groups in total. The maximum atomic E-state index is 5.78. The van der Waals surface area contributed by atoms with Crippen LogP contribution in [-0.2, 0) is 0 Å². The molecule has 19 heavy (non-hydrogen) atoms. The van der Waals surface area contributed by atoms with E-state index in [4.69, 9.17) is 15.2 Å². The topological polar surface area (TPSA) is 83.2 Å². The number of ether oxygens (including phenoxy) is 2. The van der Waals surface area contributed by atoms with E-state index >= 15 is 0 Å². The van der Waals surface area contributed by atoms with E-state index in [1.165, 1.54) is 12.8 Å². The van der Waals surface area contributed by atoms with Gasteiger partial charge >= 0.3 is 12.0 Å². The number of nitrogens with two attached hydrogens (primary N) is 1. The minimum atomic E-state index is 0.139. The van der Waals surface area contributed by atoms with Gasteiger partial charge in [0.05, 0.1) is 6.61 Å². The molecule has 0 unspecified atom stereocenters. The second kappa shape index (κ2) is 6.54. The lowest BCUT2D eigenvalue weighted by Crippen LogP contribution is -2.24. The van der Waals surface area contributed by atoms with E-state index in [0.717, 1.165) is 25.2 Å². The van der Waals surface area contributed by atoms with Crippen molar-refractivity contribution >= 4 is 5.95 Å². The lowest BCUT2D eigenvalue weighted by molar-refractivity contribution is 0.122. The monoisotopic (exact) mass is 266 g/mol. The number of hydrogen-bond acceptors (Lipinski definition) is 6. The van der Waals surface area contributed by atoms with Gasteiger partial charge in [0.25, 0.3) is 0 Å². The van der Waals surface area contributed by atoms with Gasteiger partial charge in [0.1, 0.15) is 6.10 Å². The highest BCUT2D eigenvalue weighted by Gasteiger charge is 2.21. The Bertz CT molecular complexity index is 406. The van der Waals surface area contributed by atoms with Crippen molar-refractivity contribution in [2.24, 2.45) is 5.92 Å². The molecule has 6 nitrogen and oxygen atoms in total. The van der Waals surface area contributed by atoms with E-state index in [2.05, 4.69) is 21.9 Å². The lowest BCUT2D eigenvalue weighted by Gasteiger charge is -2.25. The molecule has 1 aliphatic rings. The first-order chi connectivity index (χ1) is 9.17. The van der Waals surface area contributed by atoms with Crippen molar-refractivity contribution in [1.82, 2.24) is 15.0 Å². The van der Waals surface area contributed by atoms with Gasteiger partial charge in [-0.25, -0.2) is 0 Å². The summed E-state index contributed by atoms with van der Waals surface area (Å²) in [6.07, 6.45) is 5.52. The SMILES string of the molecule is CCCOc1nc(N)nc(OC2CCC(C)CC2)n1. The molecule has 0 atom stereocenters. The third-order valence-corrected chi connectivity index (χ3v) is 3.28. The van der Waals surface area contributed by atoms with E-state index in [-0.39, 0.29) is 24.1 Å². The van der Waals surface area contributed by atoms with E-state index in [1.54, 1.807) is 0 Å². The van der Waals surface area contributed by atoms with Gasteiger partial charge in [0.15, 0.2) is 0 Å². The Hall–Kier alpha value is -1.59. The predicted molar refractivity (Wildman–Crippen MR) is 72.1 cm³/mol. The van der Waals surface area contributed by atoms with Crippen molar-refractivity contribution in [3.8, 4) is 12.0 Å². The zero-order chi connectivity index (χ0) is 13.7. The number of nitrogens with zero attached hydrogens (tertiary/aromatic N) is 3. The Morgan fingerprint density at radius 3 is 2.47 bits per heavy atom. The molecular formula is C13H22N4O2. The van der Waals surface area contributed by atoms with Crippen LogP contribution in [0.5, 0.6) is 12.0 Å². The fourth-order valence-electron chi connectivity index (χ4n) is 2.16. The minimum Gasteiger partial charge on any atom is -0.463 e. The second-order valence-electron chi connectivity index (χ2n) is 5.11. The molecule has 0 bridgehead atoms. The average Bonchev–Trinajstić information content (AvgIpc) is 2.38. The molecule has 1 fully saturated rings. The molecule has 1 aliphatic carbocycles. The Kier molecular flexibility index (Phi) is 4.76. The van der Waals surface area contributed by atoms with Crippen LogP contribution >= 0.6 is 0 Å².